The summed E-state index contributed by atoms with van der Waals surface area (Å²) in [6.45, 7) is 1.93. The van der Waals surface area contributed by atoms with Gasteiger partial charge in [0.05, 0.1) is 35.1 Å². The number of rotatable bonds is 7. The zero-order chi connectivity index (χ0) is 29.2. The monoisotopic (exact) mass is 596 g/mol. The van der Waals surface area contributed by atoms with Crippen LogP contribution in [0.25, 0.3) is 23.1 Å². The summed E-state index contributed by atoms with van der Waals surface area (Å²) in [5.41, 5.74) is 2.17. The van der Waals surface area contributed by atoms with E-state index in [0.717, 1.165) is 10.4 Å². The molecule has 1 aliphatic rings. The molecular formula is C32H24N2O6S2. The quantitative estimate of drug-likeness (QED) is 0.244. The number of carbonyl (C=O) groups excluding carboxylic acids is 2. The molecule has 0 bridgehead atoms. The Morgan fingerprint density at radius 3 is 2.52 bits per heavy atom. The van der Waals surface area contributed by atoms with E-state index in [1.54, 1.807) is 54.0 Å². The van der Waals surface area contributed by atoms with Crippen molar-refractivity contribution in [2.45, 2.75) is 13.0 Å². The van der Waals surface area contributed by atoms with Crippen LogP contribution in [0, 0.1) is 0 Å². The van der Waals surface area contributed by atoms with Crippen LogP contribution in [0.2, 0.25) is 0 Å². The van der Waals surface area contributed by atoms with Crippen molar-refractivity contribution in [1.82, 2.24) is 4.57 Å². The van der Waals surface area contributed by atoms with Crippen LogP contribution >= 0.6 is 22.7 Å². The Morgan fingerprint density at radius 1 is 1.00 bits per heavy atom. The molecule has 5 aromatic rings. The minimum absolute atomic E-state index is 0.186. The van der Waals surface area contributed by atoms with Crippen molar-refractivity contribution in [3.63, 3.8) is 0 Å². The molecule has 3 aromatic heterocycles. The summed E-state index contributed by atoms with van der Waals surface area (Å²) in [6.07, 6.45) is 1.65. The fourth-order valence-corrected chi connectivity index (χ4v) is 6.65. The summed E-state index contributed by atoms with van der Waals surface area (Å²) >= 11 is 2.67. The smallest absolute Gasteiger partial charge is 0.338 e. The molecule has 0 aliphatic carbocycles. The lowest BCUT2D eigenvalue weighted by atomic mass is 9.97. The second-order valence-corrected chi connectivity index (χ2v) is 11.2. The third kappa shape index (κ3) is 4.95. The van der Waals surface area contributed by atoms with Gasteiger partial charge in [-0.15, -0.1) is 11.3 Å². The zero-order valence-corrected chi connectivity index (χ0v) is 24.2. The molecule has 42 heavy (non-hydrogen) atoms. The van der Waals surface area contributed by atoms with E-state index in [1.165, 1.54) is 29.8 Å². The number of benzene rings is 2. The minimum atomic E-state index is -0.711. The van der Waals surface area contributed by atoms with E-state index in [4.69, 9.17) is 18.9 Å². The van der Waals surface area contributed by atoms with Crippen molar-refractivity contribution in [1.29, 1.82) is 0 Å². The highest BCUT2D eigenvalue weighted by Crippen LogP contribution is 2.37. The lowest BCUT2D eigenvalue weighted by Gasteiger charge is -2.24. The molecule has 6 rings (SSSR count). The molecule has 0 N–H and O–H groups in total. The third-order valence-electron chi connectivity index (χ3n) is 6.68. The molecule has 0 spiro atoms. The normalized spacial score (nSPS) is 14.8. The highest BCUT2D eigenvalue weighted by molar-refractivity contribution is 7.10. The second-order valence-electron chi connectivity index (χ2n) is 9.19. The molecule has 0 unspecified atom stereocenters. The van der Waals surface area contributed by atoms with Crippen LogP contribution in [-0.4, -0.2) is 30.2 Å². The number of carbonyl (C=O) groups is 2. The number of ether oxygens (including phenoxy) is 2. The van der Waals surface area contributed by atoms with E-state index in [1.807, 2.05) is 47.8 Å². The van der Waals surface area contributed by atoms with Gasteiger partial charge < -0.3 is 13.9 Å². The van der Waals surface area contributed by atoms with Gasteiger partial charge >= 0.3 is 11.9 Å². The molecular weight excluding hydrogens is 572 g/mol. The minimum Gasteiger partial charge on any atom is -0.465 e. The van der Waals surface area contributed by atoms with Gasteiger partial charge in [-0.3, -0.25) is 9.36 Å². The largest absolute Gasteiger partial charge is 0.465 e. The fraction of sp³-hybridized carbons (Fsp3) is 0.125. The first kappa shape index (κ1) is 27.4. The molecule has 10 heteroatoms. The van der Waals surface area contributed by atoms with Gasteiger partial charge in [0.1, 0.15) is 17.6 Å². The topological polar surface area (TPSA) is 100 Å². The van der Waals surface area contributed by atoms with E-state index in [0.29, 0.717) is 43.3 Å². The first-order valence-corrected chi connectivity index (χ1v) is 14.8. The number of thiophene rings is 1. The summed E-state index contributed by atoms with van der Waals surface area (Å²) in [7, 11) is 1.33. The fourth-order valence-electron chi connectivity index (χ4n) is 4.85. The standard InChI is InChI=1S/C32H24N2O6S2/c1-3-39-31(37)26-27(19-10-5-4-6-11-19)33-32-34(28(26)24-14-9-17-41-24)29(35)25(42-32)18-20-15-16-23(40-20)21-12-7-8-13-22(21)30(36)38-2/h4-18,28H,3H2,1-2H3/t28-/m1/s1. The molecule has 1 atom stereocenters. The average molecular weight is 597 g/mol. The lowest BCUT2D eigenvalue weighted by Crippen LogP contribution is -2.39. The van der Waals surface area contributed by atoms with Gasteiger partial charge in [0, 0.05) is 22.1 Å². The van der Waals surface area contributed by atoms with E-state index in [2.05, 4.69) is 0 Å². The zero-order valence-electron chi connectivity index (χ0n) is 22.6. The van der Waals surface area contributed by atoms with Crippen LogP contribution in [0.5, 0.6) is 0 Å². The maximum Gasteiger partial charge on any atom is 0.338 e. The van der Waals surface area contributed by atoms with Crippen molar-refractivity contribution in [3.8, 4) is 11.3 Å². The van der Waals surface area contributed by atoms with Gasteiger partial charge in [-0.2, -0.15) is 0 Å². The van der Waals surface area contributed by atoms with Gasteiger partial charge in [-0.1, -0.05) is 65.9 Å². The first-order valence-electron chi connectivity index (χ1n) is 13.1. The van der Waals surface area contributed by atoms with Crippen LogP contribution in [0.1, 0.15) is 39.5 Å². The highest BCUT2D eigenvalue weighted by Gasteiger charge is 2.35. The maximum atomic E-state index is 14.0. The molecule has 0 fully saturated rings. The Labute approximate surface area is 248 Å². The van der Waals surface area contributed by atoms with Gasteiger partial charge in [-0.25, -0.2) is 14.6 Å². The van der Waals surface area contributed by atoms with Crippen LogP contribution in [0.3, 0.4) is 0 Å². The Morgan fingerprint density at radius 2 is 1.79 bits per heavy atom. The number of fused-ring (bicyclic) bond motifs is 1. The lowest BCUT2D eigenvalue weighted by molar-refractivity contribution is -0.138. The number of hydrogen-bond donors (Lipinski definition) is 0. The van der Waals surface area contributed by atoms with E-state index < -0.39 is 18.0 Å². The van der Waals surface area contributed by atoms with Gasteiger partial charge in [0.2, 0.25) is 0 Å². The van der Waals surface area contributed by atoms with E-state index in [9.17, 15) is 14.4 Å². The predicted octanol–water partition coefficient (Wildman–Crippen LogP) is 5.04. The second kappa shape index (κ2) is 11.6. The van der Waals surface area contributed by atoms with Crippen LogP contribution in [0.4, 0.5) is 0 Å². The summed E-state index contributed by atoms with van der Waals surface area (Å²) in [5.74, 6) is -0.109. The number of esters is 2. The molecule has 0 amide bonds. The predicted molar refractivity (Wildman–Crippen MR) is 161 cm³/mol. The summed E-state index contributed by atoms with van der Waals surface area (Å²) < 4.78 is 18.4. The van der Waals surface area contributed by atoms with Gasteiger partial charge in [0.15, 0.2) is 4.80 Å². The van der Waals surface area contributed by atoms with Crippen molar-refractivity contribution >= 4 is 46.4 Å². The van der Waals surface area contributed by atoms with Crippen LogP contribution in [-0.2, 0) is 14.3 Å². The molecule has 2 aromatic carbocycles. The van der Waals surface area contributed by atoms with Gasteiger partial charge in [-0.05, 0) is 36.6 Å². The van der Waals surface area contributed by atoms with Crippen LogP contribution < -0.4 is 14.9 Å². The average Bonchev–Trinajstić information content (AvgIpc) is 3.78. The molecule has 0 saturated carbocycles. The number of hydrogen-bond acceptors (Lipinski definition) is 9. The Kier molecular flexibility index (Phi) is 7.56. The van der Waals surface area contributed by atoms with Crippen molar-refractivity contribution < 1.29 is 23.5 Å². The first-order chi connectivity index (χ1) is 20.5. The van der Waals surface area contributed by atoms with Gasteiger partial charge in [0.25, 0.3) is 5.56 Å². The summed E-state index contributed by atoms with van der Waals surface area (Å²) in [5, 5.41) is 1.91. The number of nitrogens with zero attached hydrogens (tertiary/aromatic N) is 2. The van der Waals surface area contributed by atoms with E-state index in [-0.39, 0.29) is 12.2 Å². The van der Waals surface area contributed by atoms with Crippen LogP contribution in [0.15, 0.2) is 104 Å². The molecule has 0 saturated heterocycles. The van der Waals surface area contributed by atoms with E-state index >= 15 is 0 Å². The molecule has 0 radical (unpaired) electrons. The molecule has 8 nitrogen and oxygen atoms in total. The van der Waals surface area contributed by atoms with Crippen molar-refractivity contribution in [2.24, 2.45) is 4.99 Å². The molecule has 210 valence electrons. The summed E-state index contributed by atoms with van der Waals surface area (Å²) in [4.78, 5) is 45.8. The molecule has 1 aliphatic heterocycles. The highest BCUT2D eigenvalue weighted by atomic mass is 32.1. The Balaban J connectivity index is 1.52. The summed E-state index contributed by atoms with van der Waals surface area (Å²) in [6, 6.07) is 23.0. The molecule has 4 heterocycles. The number of aromatic nitrogens is 1. The van der Waals surface area contributed by atoms with Crippen molar-refractivity contribution in [3.05, 3.63) is 131 Å². The maximum absolute atomic E-state index is 14.0. The number of furan rings is 1. The number of methoxy groups -OCH3 is 1. The number of thiazole rings is 1. The Bertz CT molecular complexity index is 2000. The SMILES string of the molecule is CCOC(=O)C1=C(c2ccccc2)N=c2sc(=Cc3ccc(-c4ccccc4C(=O)OC)o3)c(=O)n2[C@@H]1c1cccs1. The Hall–Kier alpha value is -4.80. The van der Waals surface area contributed by atoms with Crippen molar-refractivity contribution in [2.75, 3.05) is 13.7 Å². The third-order valence-corrected chi connectivity index (χ3v) is 8.59.